The SMILES string of the molecule is COc1cncc(S)c1C#N. The van der Waals surface area contributed by atoms with Gasteiger partial charge in [0.05, 0.1) is 13.3 Å². The van der Waals surface area contributed by atoms with Crippen LogP contribution in [-0.4, -0.2) is 12.1 Å². The maximum Gasteiger partial charge on any atom is 0.156 e. The Labute approximate surface area is 70.0 Å². The highest BCUT2D eigenvalue weighted by atomic mass is 32.1. The van der Waals surface area contributed by atoms with Crippen molar-refractivity contribution in [3.63, 3.8) is 0 Å². The number of ether oxygens (including phenoxy) is 1. The van der Waals surface area contributed by atoms with Crippen molar-refractivity contribution in [2.75, 3.05) is 7.11 Å². The zero-order valence-electron chi connectivity index (χ0n) is 5.90. The number of aromatic nitrogens is 1. The summed E-state index contributed by atoms with van der Waals surface area (Å²) in [7, 11) is 1.49. The molecular weight excluding hydrogens is 160 g/mol. The third-order valence-electron chi connectivity index (χ3n) is 1.22. The minimum Gasteiger partial charge on any atom is -0.494 e. The number of pyridine rings is 1. The van der Waals surface area contributed by atoms with Crippen LogP contribution in [0.15, 0.2) is 17.3 Å². The Kier molecular flexibility index (Phi) is 2.34. The first-order valence-electron chi connectivity index (χ1n) is 2.90. The van der Waals surface area contributed by atoms with Crippen LogP contribution in [0.2, 0.25) is 0 Å². The number of nitrogens with zero attached hydrogens (tertiary/aromatic N) is 2. The van der Waals surface area contributed by atoms with E-state index in [1.807, 2.05) is 6.07 Å². The highest BCUT2D eigenvalue weighted by Gasteiger charge is 2.04. The normalized spacial score (nSPS) is 8.82. The van der Waals surface area contributed by atoms with Gasteiger partial charge in [0, 0.05) is 11.1 Å². The zero-order valence-corrected chi connectivity index (χ0v) is 6.80. The van der Waals surface area contributed by atoms with Crippen LogP contribution < -0.4 is 4.74 Å². The molecule has 0 bridgehead atoms. The molecule has 0 spiro atoms. The summed E-state index contributed by atoms with van der Waals surface area (Å²) in [5.74, 6) is 0.458. The molecule has 1 heterocycles. The van der Waals surface area contributed by atoms with E-state index in [4.69, 9.17) is 10.00 Å². The van der Waals surface area contributed by atoms with E-state index in [0.29, 0.717) is 16.2 Å². The molecular formula is C7H6N2OS. The molecule has 11 heavy (non-hydrogen) atoms. The number of rotatable bonds is 1. The van der Waals surface area contributed by atoms with Crippen LogP contribution in [0.1, 0.15) is 5.56 Å². The van der Waals surface area contributed by atoms with Gasteiger partial charge in [0.1, 0.15) is 11.6 Å². The van der Waals surface area contributed by atoms with E-state index in [1.54, 1.807) is 0 Å². The summed E-state index contributed by atoms with van der Waals surface area (Å²) in [6.45, 7) is 0. The minimum atomic E-state index is 0.422. The number of hydrogen-bond acceptors (Lipinski definition) is 4. The third kappa shape index (κ3) is 1.44. The van der Waals surface area contributed by atoms with Gasteiger partial charge in [-0.2, -0.15) is 5.26 Å². The predicted molar refractivity (Wildman–Crippen MR) is 42.8 cm³/mol. The van der Waals surface area contributed by atoms with Crippen molar-refractivity contribution in [3.05, 3.63) is 18.0 Å². The van der Waals surface area contributed by atoms with E-state index in [-0.39, 0.29) is 0 Å². The summed E-state index contributed by atoms with van der Waals surface area (Å²) in [5, 5.41) is 8.62. The summed E-state index contributed by atoms with van der Waals surface area (Å²) in [6, 6.07) is 1.97. The predicted octanol–water partition coefficient (Wildman–Crippen LogP) is 1.25. The molecule has 0 N–H and O–H groups in total. The van der Waals surface area contributed by atoms with Crippen molar-refractivity contribution in [1.29, 1.82) is 5.26 Å². The van der Waals surface area contributed by atoms with E-state index >= 15 is 0 Å². The molecule has 0 aliphatic carbocycles. The monoisotopic (exact) mass is 166 g/mol. The molecule has 0 saturated carbocycles. The van der Waals surface area contributed by atoms with Gasteiger partial charge in [0.25, 0.3) is 0 Å². The number of methoxy groups -OCH3 is 1. The van der Waals surface area contributed by atoms with Crippen molar-refractivity contribution in [1.82, 2.24) is 4.98 Å². The fourth-order valence-electron chi connectivity index (χ4n) is 0.698. The largest absolute Gasteiger partial charge is 0.494 e. The van der Waals surface area contributed by atoms with Crippen LogP contribution >= 0.6 is 12.6 Å². The molecule has 0 saturated heterocycles. The van der Waals surface area contributed by atoms with Gasteiger partial charge in [0.2, 0.25) is 0 Å². The van der Waals surface area contributed by atoms with Crippen molar-refractivity contribution in [2.24, 2.45) is 0 Å². The molecule has 56 valence electrons. The second-order valence-electron chi connectivity index (χ2n) is 1.85. The van der Waals surface area contributed by atoms with Crippen molar-refractivity contribution in [3.8, 4) is 11.8 Å². The van der Waals surface area contributed by atoms with Gasteiger partial charge in [-0.05, 0) is 0 Å². The lowest BCUT2D eigenvalue weighted by Crippen LogP contribution is -1.90. The molecule has 3 nitrogen and oxygen atoms in total. The zero-order chi connectivity index (χ0) is 8.27. The molecule has 0 atom stereocenters. The van der Waals surface area contributed by atoms with Crippen LogP contribution in [-0.2, 0) is 0 Å². The quantitative estimate of drug-likeness (QED) is 0.639. The first-order valence-corrected chi connectivity index (χ1v) is 3.35. The van der Waals surface area contributed by atoms with E-state index in [2.05, 4.69) is 17.6 Å². The summed E-state index contributed by atoms with van der Waals surface area (Å²) in [6.07, 6.45) is 2.99. The Balaban J connectivity index is 3.27. The van der Waals surface area contributed by atoms with Gasteiger partial charge in [-0.25, -0.2) is 0 Å². The Bertz CT molecular complexity index is 306. The van der Waals surface area contributed by atoms with Gasteiger partial charge in [-0.1, -0.05) is 0 Å². The van der Waals surface area contributed by atoms with Crippen LogP contribution in [0.25, 0.3) is 0 Å². The minimum absolute atomic E-state index is 0.422. The van der Waals surface area contributed by atoms with E-state index in [1.165, 1.54) is 19.5 Å². The summed E-state index contributed by atoms with van der Waals surface area (Å²) in [5.41, 5.74) is 0.422. The topological polar surface area (TPSA) is 45.9 Å². The average Bonchev–Trinajstić information content (AvgIpc) is 2.04. The van der Waals surface area contributed by atoms with Crippen molar-refractivity contribution in [2.45, 2.75) is 4.90 Å². The molecule has 0 fully saturated rings. The van der Waals surface area contributed by atoms with Gasteiger partial charge in [0.15, 0.2) is 5.75 Å². The number of thiol groups is 1. The van der Waals surface area contributed by atoms with Crippen LogP contribution in [0.5, 0.6) is 5.75 Å². The lowest BCUT2D eigenvalue weighted by molar-refractivity contribution is 0.410. The van der Waals surface area contributed by atoms with Gasteiger partial charge in [-0.3, -0.25) is 4.98 Å². The van der Waals surface area contributed by atoms with Crippen LogP contribution in [0, 0.1) is 11.3 Å². The smallest absolute Gasteiger partial charge is 0.156 e. The fourth-order valence-corrected chi connectivity index (χ4v) is 0.925. The Morgan fingerprint density at radius 3 is 2.82 bits per heavy atom. The molecule has 1 aromatic rings. The summed E-state index contributed by atoms with van der Waals surface area (Å²) in [4.78, 5) is 4.35. The lowest BCUT2D eigenvalue weighted by Gasteiger charge is -2.01. The number of hydrogen-bond donors (Lipinski definition) is 1. The second-order valence-corrected chi connectivity index (χ2v) is 2.33. The van der Waals surface area contributed by atoms with Crippen molar-refractivity contribution >= 4 is 12.6 Å². The number of nitriles is 1. The molecule has 0 aromatic carbocycles. The molecule has 0 aliphatic rings. The van der Waals surface area contributed by atoms with Crippen LogP contribution in [0.4, 0.5) is 0 Å². The second kappa shape index (κ2) is 3.26. The Morgan fingerprint density at radius 1 is 1.64 bits per heavy atom. The molecule has 0 aliphatic heterocycles. The van der Waals surface area contributed by atoms with E-state index < -0.39 is 0 Å². The van der Waals surface area contributed by atoms with E-state index in [0.717, 1.165) is 0 Å². The molecule has 0 radical (unpaired) electrons. The lowest BCUT2D eigenvalue weighted by atomic mass is 10.3. The molecule has 4 heteroatoms. The first-order chi connectivity index (χ1) is 5.29. The maximum atomic E-state index is 8.62. The highest BCUT2D eigenvalue weighted by molar-refractivity contribution is 7.80. The van der Waals surface area contributed by atoms with Gasteiger partial charge >= 0.3 is 0 Å². The Morgan fingerprint density at radius 2 is 2.36 bits per heavy atom. The van der Waals surface area contributed by atoms with Crippen LogP contribution in [0.3, 0.4) is 0 Å². The third-order valence-corrected chi connectivity index (χ3v) is 1.56. The molecule has 0 unspecified atom stereocenters. The van der Waals surface area contributed by atoms with E-state index in [9.17, 15) is 0 Å². The Hall–Kier alpha value is -1.21. The van der Waals surface area contributed by atoms with Crippen molar-refractivity contribution < 1.29 is 4.74 Å². The van der Waals surface area contributed by atoms with Gasteiger partial charge in [-0.15, -0.1) is 12.6 Å². The first kappa shape index (κ1) is 7.89. The molecule has 1 rings (SSSR count). The standard InChI is InChI=1S/C7H6N2OS/c1-10-6-3-9-4-7(11)5(6)2-8/h3-4,11H,1H3. The maximum absolute atomic E-state index is 8.62. The molecule has 1 aromatic heterocycles. The summed E-state index contributed by atoms with van der Waals surface area (Å²) >= 11 is 4.04. The average molecular weight is 166 g/mol. The van der Waals surface area contributed by atoms with Gasteiger partial charge < -0.3 is 4.74 Å². The molecule has 0 amide bonds. The highest BCUT2D eigenvalue weighted by Crippen LogP contribution is 2.21. The fraction of sp³-hybridized carbons (Fsp3) is 0.143. The summed E-state index contributed by atoms with van der Waals surface area (Å²) < 4.78 is 4.88.